The van der Waals surface area contributed by atoms with Crippen LogP contribution in [0.4, 0.5) is 13.2 Å². The van der Waals surface area contributed by atoms with E-state index in [0.717, 1.165) is 18.0 Å². The van der Waals surface area contributed by atoms with Gasteiger partial charge in [-0.05, 0) is 18.1 Å². The number of carboxylic acid groups (broad SMARTS) is 1. The zero-order valence-corrected chi connectivity index (χ0v) is 10.3. The van der Waals surface area contributed by atoms with E-state index in [4.69, 9.17) is 5.11 Å². The Balaban J connectivity index is 2.19. The summed E-state index contributed by atoms with van der Waals surface area (Å²) < 4.78 is 39.3. The lowest BCUT2D eigenvalue weighted by Gasteiger charge is -2.04. The smallest absolute Gasteiger partial charge is 0.418 e. The van der Waals surface area contributed by atoms with Gasteiger partial charge in [-0.25, -0.2) is 4.79 Å². The first-order valence-corrected chi connectivity index (χ1v) is 5.77. The lowest BCUT2D eigenvalue weighted by molar-refractivity contribution is -0.138. The summed E-state index contributed by atoms with van der Waals surface area (Å²) in [6, 6.07) is 3.54. The SMILES string of the molecule is O=C(O)c1cn(CCc2cccnc2)cc1C(F)(F)F. The van der Waals surface area contributed by atoms with E-state index in [1.807, 2.05) is 0 Å². The van der Waals surface area contributed by atoms with Crippen LogP contribution in [0.25, 0.3) is 0 Å². The zero-order valence-electron chi connectivity index (χ0n) is 10.3. The van der Waals surface area contributed by atoms with Crippen LogP contribution < -0.4 is 0 Å². The Morgan fingerprint density at radius 3 is 2.60 bits per heavy atom. The van der Waals surface area contributed by atoms with Crippen LogP contribution >= 0.6 is 0 Å². The first-order valence-electron chi connectivity index (χ1n) is 5.77. The minimum absolute atomic E-state index is 0.252. The number of rotatable bonds is 4. The molecule has 20 heavy (non-hydrogen) atoms. The topological polar surface area (TPSA) is 55.1 Å². The monoisotopic (exact) mass is 284 g/mol. The standard InChI is InChI=1S/C13H11F3N2O2/c14-13(15,16)11-8-18(7-10(11)12(19)20)5-3-9-2-1-4-17-6-9/h1-2,4,6-8H,3,5H2,(H,19,20). The summed E-state index contributed by atoms with van der Waals surface area (Å²) in [5, 5.41) is 8.80. The molecule has 0 amide bonds. The third-order valence-electron chi connectivity index (χ3n) is 2.80. The van der Waals surface area contributed by atoms with E-state index < -0.39 is 23.3 Å². The molecule has 0 saturated carbocycles. The Hall–Kier alpha value is -2.31. The van der Waals surface area contributed by atoms with Crippen LogP contribution in [0.5, 0.6) is 0 Å². The molecule has 0 aromatic carbocycles. The highest BCUT2D eigenvalue weighted by Gasteiger charge is 2.36. The Morgan fingerprint density at radius 1 is 1.35 bits per heavy atom. The molecule has 4 nitrogen and oxygen atoms in total. The van der Waals surface area contributed by atoms with Crippen molar-refractivity contribution in [2.75, 3.05) is 0 Å². The van der Waals surface area contributed by atoms with E-state index in [2.05, 4.69) is 4.98 Å². The van der Waals surface area contributed by atoms with Crippen LogP contribution in [0.15, 0.2) is 36.9 Å². The van der Waals surface area contributed by atoms with Crippen molar-refractivity contribution in [3.8, 4) is 0 Å². The quantitative estimate of drug-likeness (QED) is 0.939. The van der Waals surface area contributed by atoms with Crippen molar-refractivity contribution < 1.29 is 23.1 Å². The van der Waals surface area contributed by atoms with Crippen molar-refractivity contribution in [1.82, 2.24) is 9.55 Å². The van der Waals surface area contributed by atoms with Gasteiger partial charge in [0.15, 0.2) is 0 Å². The van der Waals surface area contributed by atoms with Gasteiger partial charge in [0.05, 0.1) is 11.1 Å². The van der Waals surface area contributed by atoms with Gasteiger partial charge in [0.25, 0.3) is 0 Å². The van der Waals surface area contributed by atoms with E-state index >= 15 is 0 Å². The van der Waals surface area contributed by atoms with Gasteiger partial charge < -0.3 is 9.67 Å². The van der Waals surface area contributed by atoms with Crippen LogP contribution in [0.1, 0.15) is 21.5 Å². The molecule has 1 N–H and O–H groups in total. The molecular formula is C13H11F3N2O2. The summed E-state index contributed by atoms with van der Waals surface area (Å²) >= 11 is 0. The molecule has 0 aliphatic heterocycles. The number of nitrogens with zero attached hydrogens (tertiary/aromatic N) is 2. The number of alkyl halides is 3. The summed E-state index contributed by atoms with van der Waals surface area (Å²) in [7, 11) is 0. The average Bonchev–Trinajstić information content (AvgIpc) is 2.82. The Bertz CT molecular complexity index is 606. The van der Waals surface area contributed by atoms with E-state index in [9.17, 15) is 18.0 Å². The molecule has 0 unspecified atom stereocenters. The maximum atomic E-state index is 12.7. The summed E-state index contributed by atoms with van der Waals surface area (Å²) in [6.07, 6.45) is 0.837. The number of carboxylic acids is 1. The Kier molecular flexibility index (Phi) is 3.78. The Morgan fingerprint density at radius 2 is 2.10 bits per heavy atom. The molecule has 2 aromatic rings. The average molecular weight is 284 g/mol. The first kappa shape index (κ1) is 14.1. The number of hydrogen-bond donors (Lipinski definition) is 1. The predicted octanol–water partition coefficient (Wildman–Crippen LogP) is 2.84. The van der Waals surface area contributed by atoms with E-state index in [1.54, 1.807) is 24.5 Å². The number of pyridine rings is 1. The van der Waals surface area contributed by atoms with Gasteiger partial charge in [0.1, 0.15) is 0 Å². The largest absolute Gasteiger partial charge is 0.478 e. The lowest BCUT2D eigenvalue weighted by atomic mass is 10.2. The van der Waals surface area contributed by atoms with Crippen LogP contribution in [0.2, 0.25) is 0 Å². The molecule has 106 valence electrons. The fourth-order valence-electron chi connectivity index (χ4n) is 1.84. The predicted molar refractivity (Wildman–Crippen MR) is 64.3 cm³/mol. The maximum absolute atomic E-state index is 12.7. The summed E-state index contributed by atoms with van der Waals surface area (Å²) in [5.41, 5.74) is -0.994. The van der Waals surface area contributed by atoms with Gasteiger partial charge in [-0.15, -0.1) is 0 Å². The fraction of sp³-hybridized carbons (Fsp3) is 0.231. The summed E-state index contributed by atoms with van der Waals surface area (Å²) in [4.78, 5) is 14.7. The molecule has 7 heteroatoms. The number of aromatic carboxylic acids is 1. The molecule has 0 atom stereocenters. The Labute approximate surface area is 112 Å². The molecule has 2 aromatic heterocycles. The molecule has 0 aliphatic carbocycles. The second kappa shape index (κ2) is 5.36. The second-order valence-corrected chi connectivity index (χ2v) is 4.24. The van der Waals surface area contributed by atoms with Crippen LogP contribution in [-0.4, -0.2) is 20.6 Å². The van der Waals surface area contributed by atoms with Gasteiger partial charge in [-0.2, -0.15) is 13.2 Å². The van der Waals surface area contributed by atoms with Gasteiger partial charge in [0.2, 0.25) is 0 Å². The maximum Gasteiger partial charge on any atom is 0.418 e. The molecule has 0 spiro atoms. The van der Waals surface area contributed by atoms with Crippen molar-refractivity contribution in [2.24, 2.45) is 0 Å². The molecule has 0 radical (unpaired) electrons. The second-order valence-electron chi connectivity index (χ2n) is 4.24. The van der Waals surface area contributed by atoms with Gasteiger partial charge in [-0.3, -0.25) is 4.98 Å². The van der Waals surface area contributed by atoms with Gasteiger partial charge in [-0.1, -0.05) is 6.07 Å². The van der Waals surface area contributed by atoms with Crippen molar-refractivity contribution >= 4 is 5.97 Å². The molecule has 0 aliphatic rings. The normalized spacial score (nSPS) is 11.6. The number of carbonyl (C=O) groups is 1. The molecular weight excluding hydrogens is 273 g/mol. The highest BCUT2D eigenvalue weighted by atomic mass is 19.4. The van der Waals surface area contributed by atoms with E-state index in [0.29, 0.717) is 6.42 Å². The highest BCUT2D eigenvalue weighted by Crippen LogP contribution is 2.32. The summed E-state index contributed by atoms with van der Waals surface area (Å²) in [5.74, 6) is -1.59. The van der Waals surface area contributed by atoms with Gasteiger partial charge >= 0.3 is 12.1 Å². The third kappa shape index (κ3) is 3.17. The van der Waals surface area contributed by atoms with E-state index in [1.165, 1.54) is 4.57 Å². The van der Waals surface area contributed by atoms with Crippen molar-refractivity contribution in [1.29, 1.82) is 0 Å². The van der Waals surface area contributed by atoms with Crippen molar-refractivity contribution in [3.63, 3.8) is 0 Å². The molecule has 0 fully saturated rings. The fourth-order valence-corrected chi connectivity index (χ4v) is 1.84. The van der Waals surface area contributed by atoms with Crippen molar-refractivity contribution in [2.45, 2.75) is 19.1 Å². The number of aryl methyl sites for hydroxylation is 2. The minimum Gasteiger partial charge on any atom is -0.478 e. The zero-order chi connectivity index (χ0) is 14.8. The minimum atomic E-state index is -4.67. The molecule has 2 rings (SSSR count). The van der Waals surface area contributed by atoms with Crippen LogP contribution in [0.3, 0.4) is 0 Å². The summed E-state index contributed by atoms with van der Waals surface area (Å²) in [6.45, 7) is 0.252. The number of hydrogen-bond acceptors (Lipinski definition) is 2. The third-order valence-corrected chi connectivity index (χ3v) is 2.80. The van der Waals surface area contributed by atoms with Crippen molar-refractivity contribution in [3.05, 3.63) is 53.6 Å². The first-order chi connectivity index (χ1) is 9.38. The van der Waals surface area contributed by atoms with Gasteiger partial charge in [0, 0.05) is 31.3 Å². The van der Waals surface area contributed by atoms with Crippen LogP contribution in [-0.2, 0) is 19.1 Å². The number of aromatic nitrogens is 2. The lowest BCUT2D eigenvalue weighted by Crippen LogP contribution is -2.09. The molecule has 0 saturated heterocycles. The van der Waals surface area contributed by atoms with E-state index in [-0.39, 0.29) is 6.54 Å². The highest BCUT2D eigenvalue weighted by molar-refractivity contribution is 5.89. The van der Waals surface area contributed by atoms with Crippen LogP contribution in [0, 0.1) is 0 Å². The molecule has 2 heterocycles. The number of halogens is 3. The molecule has 0 bridgehead atoms.